The van der Waals surface area contributed by atoms with Crippen LogP contribution in [-0.4, -0.2) is 23.1 Å². The second-order valence-electron chi connectivity index (χ2n) is 8.27. The molecule has 1 N–H and O–H groups in total. The van der Waals surface area contributed by atoms with Crippen molar-refractivity contribution in [2.45, 2.75) is 45.2 Å². The zero-order valence-electron chi connectivity index (χ0n) is 15.9. The van der Waals surface area contributed by atoms with Crippen molar-refractivity contribution in [3.8, 4) is 5.75 Å². The Bertz CT molecular complexity index is 986. The summed E-state index contributed by atoms with van der Waals surface area (Å²) >= 11 is 0. The number of carbonyl (C=O) groups excluding carboxylic acids is 1. The Hall–Kier alpha value is -2.57. The summed E-state index contributed by atoms with van der Waals surface area (Å²) in [7, 11) is 1.48. The molecule has 1 atom stereocenters. The highest BCUT2D eigenvalue weighted by molar-refractivity contribution is 6.00. The molecule has 0 spiro atoms. The number of fused-ring (bicyclic) bond motifs is 1. The van der Waals surface area contributed by atoms with E-state index in [0.29, 0.717) is 35.4 Å². The summed E-state index contributed by atoms with van der Waals surface area (Å²) in [6.07, 6.45) is -3.35. The van der Waals surface area contributed by atoms with E-state index in [9.17, 15) is 18.0 Å². The first-order valence-electron chi connectivity index (χ1n) is 9.15. The van der Waals surface area contributed by atoms with Gasteiger partial charge in [-0.3, -0.25) is 9.89 Å². The Morgan fingerprint density at radius 2 is 1.93 bits per heavy atom. The number of carbonyl (C=O) groups is 1. The number of nitrogens with zero attached hydrogens (tertiary/aromatic N) is 1. The number of H-pyrrole nitrogens is 1. The van der Waals surface area contributed by atoms with Crippen molar-refractivity contribution in [3.63, 3.8) is 0 Å². The number of benzene rings is 1. The number of nitrogens with one attached hydrogen (secondary N) is 1. The maximum atomic E-state index is 13.7. The van der Waals surface area contributed by atoms with Crippen LogP contribution in [0, 0.1) is 5.41 Å². The lowest BCUT2D eigenvalue weighted by Gasteiger charge is -2.38. The van der Waals surface area contributed by atoms with Crippen molar-refractivity contribution >= 4 is 5.78 Å². The zero-order chi connectivity index (χ0) is 20.3. The van der Waals surface area contributed by atoms with Gasteiger partial charge in [0, 0.05) is 41.2 Å². The van der Waals surface area contributed by atoms with Gasteiger partial charge in [0.25, 0.3) is 0 Å². The van der Waals surface area contributed by atoms with Crippen molar-refractivity contribution in [2.24, 2.45) is 5.41 Å². The number of allylic oxidation sites excluding steroid dienone is 2. The fourth-order valence-electron chi connectivity index (χ4n) is 4.61. The number of ether oxygens (including phenoxy) is 1. The molecule has 0 aliphatic heterocycles. The molecule has 2 aromatic rings. The first-order valence-corrected chi connectivity index (χ1v) is 9.15. The number of para-hydroxylation sites is 1. The first kappa shape index (κ1) is 18.8. The van der Waals surface area contributed by atoms with Gasteiger partial charge in [-0.15, -0.1) is 0 Å². The third-order valence-electron chi connectivity index (χ3n) is 5.58. The highest BCUT2D eigenvalue weighted by Gasteiger charge is 2.47. The van der Waals surface area contributed by atoms with Gasteiger partial charge in [0.1, 0.15) is 5.75 Å². The second kappa shape index (κ2) is 6.22. The number of Topliss-reactive ketones (excluding diaryl/α,β-unsaturated/α-hetero) is 1. The molecule has 4 rings (SSSR count). The van der Waals surface area contributed by atoms with E-state index in [0.717, 1.165) is 5.57 Å². The molecule has 4 nitrogen and oxygen atoms in total. The van der Waals surface area contributed by atoms with E-state index in [1.807, 2.05) is 13.8 Å². The van der Waals surface area contributed by atoms with E-state index in [2.05, 4.69) is 10.2 Å². The molecule has 0 fully saturated rings. The van der Waals surface area contributed by atoms with Gasteiger partial charge < -0.3 is 4.74 Å². The van der Waals surface area contributed by atoms with Crippen LogP contribution in [0.15, 0.2) is 35.4 Å². The highest BCUT2D eigenvalue weighted by Crippen LogP contribution is 2.52. The molecule has 0 unspecified atom stereocenters. The predicted molar refractivity (Wildman–Crippen MR) is 97.2 cm³/mol. The van der Waals surface area contributed by atoms with Crippen LogP contribution in [0.3, 0.4) is 0 Å². The van der Waals surface area contributed by atoms with Crippen LogP contribution >= 0.6 is 0 Å². The minimum absolute atomic E-state index is 0.0452. The predicted octanol–water partition coefficient (Wildman–Crippen LogP) is 4.81. The lowest BCUT2D eigenvalue weighted by atomic mass is 9.65. The SMILES string of the molecule is COc1ccccc1[C@@H]1C2=C(Cc3[nH]nc(C(F)(F)F)c31)CC(C)(C)CC2=O. The van der Waals surface area contributed by atoms with Crippen molar-refractivity contribution in [2.75, 3.05) is 7.11 Å². The van der Waals surface area contributed by atoms with E-state index in [-0.39, 0.29) is 23.2 Å². The van der Waals surface area contributed by atoms with Crippen LogP contribution < -0.4 is 4.74 Å². The van der Waals surface area contributed by atoms with E-state index < -0.39 is 17.8 Å². The zero-order valence-corrected chi connectivity index (χ0v) is 15.9. The fraction of sp³-hybridized carbons (Fsp3) is 0.429. The monoisotopic (exact) mass is 390 g/mol. The van der Waals surface area contributed by atoms with Gasteiger partial charge in [0.05, 0.1) is 7.11 Å². The van der Waals surface area contributed by atoms with Gasteiger partial charge >= 0.3 is 6.18 Å². The molecule has 2 aliphatic rings. The average Bonchev–Trinajstić information content (AvgIpc) is 3.02. The van der Waals surface area contributed by atoms with E-state index in [4.69, 9.17) is 4.74 Å². The maximum Gasteiger partial charge on any atom is 0.435 e. The Morgan fingerprint density at radius 1 is 1.21 bits per heavy atom. The average molecular weight is 390 g/mol. The van der Waals surface area contributed by atoms with Crippen molar-refractivity contribution in [3.05, 3.63) is 57.9 Å². The number of rotatable bonds is 2. The Balaban J connectivity index is 2.00. The van der Waals surface area contributed by atoms with Gasteiger partial charge in [-0.25, -0.2) is 0 Å². The molecular formula is C21H21F3N2O2. The van der Waals surface area contributed by atoms with Crippen molar-refractivity contribution in [1.29, 1.82) is 0 Å². The van der Waals surface area contributed by atoms with Gasteiger partial charge in [-0.1, -0.05) is 37.6 Å². The summed E-state index contributed by atoms with van der Waals surface area (Å²) < 4.78 is 46.6. The molecule has 0 radical (unpaired) electrons. The molecule has 2 aliphatic carbocycles. The number of ketones is 1. The van der Waals surface area contributed by atoms with Crippen molar-refractivity contribution < 1.29 is 22.7 Å². The molecule has 7 heteroatoms. The Morgan fingerprint density at radius 3 is 2.61 bits per heavy atom. The number of hydrogen-bond acceptors (Lipinski definition) is 3. The standard InChI is InChI=1S/C21H21F3N2O2/c1-20(2)9-11-8-13-18(19(26-25-13)21(22,23)24)17(16(11)14(27)10-20)12-6-4-5-7-15(12)28-3/h4-7,17H,8-10H2,1-3H3,(H,25,26)/t17-/m1/s1. The van der Waals surface area contributed by atoms with Crippen LogP contribution in [0.4, 0.5) is 13.2 Å². The van der Waals surface area contributed by atoms with Crippen molar-refractivity contribution in [1.82, 2.24) is 10.2 Å². The Labute approximate surface area is 160 Å². The summed E-state index contributed by atoms with van der Waals surface area (Å²) in [4.78, 5) is 13.1. The van der Waals surface area contributed by atoms with E-state index in [1.54, 1.807) is 24.3 Å². The number of aromatic nitrogens is 2. The first-order chi connectivity index (χ1) is 13.1. The normalized spacial score (nSPS) is 21.4. The third-order valence-corrected chi connectivity index (χ3v) is 5.58. The molecule has 1 heterocycles. The van der Waals surface area contributed by atoms with Gasteiger partial charge in [0.15, 0.2) is 11.5 Å². The summed E-state index contributed by atoms with van der Waals surface area (Å²) in [6.45, 7) is 4.02. The summed E-state index contributed by atoms with van der Waals surface area (Å²) in [5.41, 5.74) is 1.22. The quantitative estimate of drug-likeness (QED) is 0.801. The van der Waals surface area contributed by atoms with Crippen LogP contribution in [0.25, 0.3) is 0 Å². The molecular weight excluding hydrogens is 369 g/mol. The van der Waals surface area contributed by atoms with Crippen LogP contribution in [-0.2, 0) is 17.4 Å². The van der Waals surface area contributed by atoms with Crippen LogP contribution in [0.5, 0.6) is 5.75 Å². The minimum atomic E-state index is -4.61. The number of methoxy groups -OCH3 is 1. The lowest BCUT2D eigenvalue weighted by Crippen LogP contribution is -2.32. The highest BCUT2D eigenvalue weighted by atomic mass is 19.4. The summed E-state index contributed by atoms with van der Waals surface area (Å²) in [5.74, 6) is -0.477. The minimum Gasteiger partial charge on any atom is -0.496 e. The van der Waals surface area contributed by atoms with Gasteiger partial charge in [-0.05, 0) is 17.9 Å². The van der Waals surface area contributed by atoms with Gasteiger partial charge in [0.2, 0.25) is 0 Å². The number of aromatic amines is 1. The number of alkyl halides is 3. The maximum absolute atomic E-state index is 13.7. The second-order valence-corrected chi connectivity index (χ2v) is 8.27. The molecule has 0 saturated heterocycles. The van der Waals surface area contributed by atoms with Crippen LogP contribution in [0.2, 0.25) is 0 Å². The molecule has 148 valence electrons. The molecule has 1 aromatic carbocycles. The third kappa shape index (κ3) is 2.93. The molecule has 1 aromatic heterocycles. The largest absolute Gasteiger partial charge is 0.496 e. The number of halogens is 3. The topological polar surface area (TPSA) is 55.0 Å². The van der Waals surface area contributed by atoms with E-state index in [1.165, 1.54) is 7.11 Å². The summed E-state index contributed by atoms with van der Waals surface area (Å²) in [5, 5.41) is 6.18. The number of hydrogen-bond donors (Lipinski definition) is 1. The fourth-order valence-corrected chi connectivity index (χ4v) is 4.61. The smallest absolute Gasteiger partial charge is 0.435 e. The molecule has 0 saturated carbocycles. The lowest BCUT2D eigenvalue weighted by molar-refractivity contribution is -0.142. The van der Waals surface area contributed by atoms with Gasteiger partial charge in [-0.2, -0.15) is 18.3 Å². The summed E-state index contributed by atoms with van der Waals surface area (Å²) in [6, 6.07) is 6.93. The molecule has 0 bridgehead atoms. The Kier molecular flexibility index (Phi) is 4.17. The molecule has 28 heavy (non-hydrogen) atoms. The van der Waals surface area contributed by atoms with Crippen LogP contribution in [0.1, 0.15) is 55.1 Å². The van der Waals surface area contributed by atoms with E-state index >= 15 is 0 Å². The molecule has 0 amide bonds.